The number of amides is 1. The topological polar surface area (TPSA) is 87.6 Å². The Balaban J connectivity index is 3.14. The lowest BCUT2D eigenvalue weighted by Gasteiger charge is -2.07. The molecule has 0 aliphatic heterocycles. The SMILES string of the molecule is CCOCCOCC(N)C(N)=O. The van der Waals surface area contributed by atoms with Gasteiger partial charge in [-0.05, 0) is 6.92 Å². The molecule has 0 fully saturated rings. The van der Waals surface area contributed by atoms with Crippen LogP contribution in [-0.4, -0.2) is 38.4 Å². The highest BCUT2D eigenvalue weighted by atomic mass is 16.5. The van der Waals surface area contributed by atoms with Crippen molar-refractivity contribution in [2.24, 2.45) is 11.5 Å². The monoisotopic (exact) mass is 176 g/mol. The van der Waals surface area contributed by atoms with Crippen LogP contribution in [-0.2, 0) is 14.3 Å². The Kier molecular flexibility index (Phi) is 6.64. The van der Waals surface area contributed by atoms with Gasteiger partial charge in [0.1, 0.15) is 6.04 Å². The van der Waals surface area contributed by atoms with Crippen molar-refractivity contribution in [2.45, 2.75) is 13.0 Å². The lowest BCUT2D eigenvalue weighted by atomic mass is 10.3. The summed E-state index contributed by atoms with van der Waals surface area (Å²) in [5.74, 6) is -0.550. The predicted octanol–water partition coefficient (Wildman–Crippen LogP) is -1.15. The molecule has 0 rings (SSSR count). The van der Waals surface area contributed by atoms with E-state index in [9.17, 15) is 4.79 Å². The van der Waals surface area contributed by atoms with E-state index in [0.717, 1.165) is 0 Å². The number of nitrogens with two attached hydrogens (primary N) is 2. The molecule has 1 amide bonds. The molecule has 0 saturated carbocycles. The van der Waals surface area contributed by atoms with E-state index >= 15 is 0 Å². The van der Waals surface area contributed by atoms with E-state index in [1.807, 2.05) is 6.92 Å². The van der Waals surface area contributed by atoms with E-state index in [4.69, 9.17) is 20.9 Å². The molecular weight excluding hydrogens is 160 g/mol. The first kappa shape index (κ1) is 11.4. The zero-order valence-corrected chi connectivity index (χ0v) is 7.29. The molecule has 0 aromatic rings. The molecular formula is C7H16N2O3. The van der Waals surface area contributed by atoms with Gasteiger partial charge in [0.2, 0.25) is 5.91 Å². The Morgan fingerprint density at radius 3 is 2.50 bits per heavy atom. The van der Waals surface area contributed by atoms with E-state index < -0.39 is 11.9 Å². The van der Waals surface area contributed by atoms with Crippen LogP contribution >= 0.6 is 0 Å². The van der Waals surface area contributed by atoms with Gasteiger partial charge >= 0.3 is 0 Å². The first-order valence-electron chi connectivity index (χ1n) is 3.88. The van der Waals surface area contributed by atoms with Gasteiger partial charge in [0.05, 0.1) is 19.8 Å². The fourth-order valence-electron chi connectivity index (χ4n) is 0.555. The average molecular weight is 176 g/mol. The van der Waals surface area contributed by atoms with E-state index in [0.29, 0.717) is 19.8 Å². The molecule has 0 spiro atoms. The van der Waals surface area contributed by atoms with Crippen LogP contribution in [0.4, 0.5) is 0 Å². The molecule has 0 aromatic carbocycles. The third-order valence-electron chi connectivity index (χ3n) is 1.24. The maximum atomic E-state index is 10.4. The normalized spacial score (nSPS) is 12.8. The molecule has 12 heavy (non-hydrogen) atoms. The molecule has 0 aliphatic carbocycles. The van der Waals surface area contributed by atoms with Crippen molar-refractivity contribution >= 4 is 5.91 Å². The largest absolute Gasteiger partial charge is 0.379 e. The maximum Gasteiger partial charge on any atom is 0.236 e. The lowest BCUT2D eigenvalue weighted by Crippen LogP contribution is -2.40. The minimum atomic E-state index is -0.716. The quantitative estimate of drug-likeness (QED) is 0.479. The molecule has 0 saturated heterocycles. The fourth-order valence-corrected chi connectivity index (χ4v) is 0.555. The van der Waals surface area contributed by atoms with Gasteiger partial charge in [-0.2, -0.15) is 0 Å². The number of ether oxygens (including phenoxy) is 2. The van der Waals surface area contributed by atoms with E-state index in [2.05, 4.69) is 0 Å². The van der Waals surface area contributed by atoms with Crippen molar-refractivity contribution in [1.82, 2.24) is 0 Å². The van der Waals surface area contributed by atoms with Crippen molar-refractivity contribution < 1.29 is 14.3 Å². The van der Waals surface area contributed by atoms with Gasteiger partial charge in [0, 0.05) is 6.61 Å². The highest BCUT2D eigenvalue weighted by Crippen LogP contribution is 1.82. The summed E-state index contributed by atoms with van der Waals surface area (Å²) in [4.78, 5) is 10.4. The Labute approximate surface area is 72.0 Å². The molecule has 72 valence electrons. The highest BCUT2D eigenvalue weighted by Gasteiger charge is 2.07. The Hall–Kier alpha value is -0.650. The zero-order valence-electron chi connectivity index (χ0n) is 7.29. The molecule has 1 unspecified atom stereocenters. The number of hydrogen-bond donors (Lipinski definition) is 2. The van der Waals surface area contributed by atoms with E-state index in [1.165, 1.54) is 0 Å². The highest BCUT2D eigenvalue weighted by molar-refractivity contribution is 5.79. The maximum absolute atomic E-state index is 10.4. The summed E-state index contributed by atoms with van der Waals surface area (Å²) in [5, 5.41) is 0. The average Bonchev–Trinajstić information content (AvgIpc) is 2.03. The van der Waals surface area contributed by atoms with Gasteiger partial charge in [0.15, 0.2) is 0 Å². The third kappa shape index (κ3) is 6.09. The van der Waals surface area contributed by atoms with Crippen LogP contribution in [0.1, 0.15) is 6.92 Å². The van der Waals surface area contributed by atoms with Crippen LogP contribution in [0.15, 0.2) is 0 Å². The first-order chi connectivity index (χ1) is 5.68. The summed E-state index contributed by atoms with van der Waals surface area (Å²) in [7, 11) is 0. The molecule has 5 nitrogen and oxygen atoms in total. The second kappa shape index (κ2) is 7.02. The van der Waals surface area contributed by atoms with Crippen LogP contribution < -0.4 is 11.5 Å². The van der Waals surface area contributed by atoms with Crippen LogP contribution in [0.25, 0.3) is 0 Å². The molecule has 5 heteroatoms. The number of carbonyl (C=O) groups is 1. The summed E-state index contributed by atoms with van der Waals surface area (Å²) in [6.45, 7) is 3.67. The fraction of sp³-hybridized carbons (Fsp3) is 0.857. The van der Waals surface area contributed by atoms with Crippen molar-refractivity contribution in [2.75, 3.05) is 26.4 Å². The van der Waals surface area contributed by atoms with Gasteiger partial charge in [-0.3, -0.25) is 4.79 Å². The van der Waals surface area contributed by atoms with Crippen LogP contribution in [0, 0.1) is 0 Å². The number of hydrogen-bond acceptors (Lipinski definition) is 4. The van der Waals surface area contributed by atoms with E-state index in [1.54, 1.807) is 0 Å². The smallest absolute Gasteiger partial charge is 0.236 e. The van der Waals surface area contributed by atoms with Gasteiger partial charge in [-0.25, -0.2) is 0 Å². The number of primary amides is 1. The molecule has 0 radical (unpaired) electrons. The van der Waals surface area contributed by atoms with Gasteiger partial charge in [-0.15, -0.1) is 0 Å². The summed E-state index contributed by atoms with van der Waals surface area (Å²) < 4.78 is 10.0. The van der Waals surface area contributed by atoms with Crippen LogP contribution in [0.2, 0.25) is 0 Å². The lowest BCUT2D eigenvalue weighted by molar-refractivity contribution is -0.120. The van der Waals surface area contributed by atoms with E-state index in [-0.39, 0.29) is 6.61 Å². The predicted molar refractivity (Wildman–Crippen MR) is 44.5 cm³/mol. The van der Waals surface area contributed by atoms with Crippen molar-refractivity contribution in [1.29, 1.82) is 0 Å². The molecule has 1 atom stereocenters. The summed E-state index contributed by atoms with van der Waals surface area (Å²) >= 11 is 0. The first-order valence-corrected chi connectivity index (χ1v) is 3.88. The Bertz CT molecular complexity index is 130. The Morgan fingerprint density at radius 2 is 2.00 bits per heavy atom. The minimum Gasteiger partial charge on any atom is -0.379 e. The number of rotatable bonds is 7. The zero-order chi connectivity index (χ0) is 9.40. The van der Waals surface area contributed by atoms with Crippen LogP contribution in [0.5, 0.6) is 0 Å². The van der Waals surface area contributed by atoms with Crippen molar-refractivity contribution in [3.8, 4) is 0 Å². The second-order valence-corrected chi connectivity index (χ2v) is 2.28. The molecule has 4 N–H and O–H groups in total. The number of carbonyl (C=O) groups excluding carboxylic acids is 1. The molecule has 0 aromatic heterocycles. The minimum absolute atomic E-state index is 0.155. The second-order valence-electron chi connectivity index (χ2n) is 2.28. The van der Waals surface area contributed by atoms with Gasteiger partial charge in [0.25, 0.3) is 0 Å². The standard InChI is InChI=1S/C7H16N2O3/c1-2-11-3-4-12-5-6(8)7(9)10/h6H,2-5,8H2,1H3,(H2,9,10). The molecule has 0 bridgehead atoms. The molecule has 0 heterocycles. The third-order valence-corrected chi connectivity index (χ3v) is 1.24. The summed E-state index contributed by atoms with van der Waals surface area (Å²) in [5.41, 5.74) is 10.2. The summed E-state index contributed by atoms with van der Waals surface area (Å²) in [6.07, 6.45) is 0. The molecule has 0 aliphatic rings. The van der Waals surface area contributed by atoms with Gasteiger partial charge in [-0.1, -0.05) is 0 Å². The van der Waals surface area contributed by atoms with Crippen LogP contribution in [0.3, 0.4) is 0 Å². The summed E-state index contributed by atoms with van der Waals surface area (Å²) in [6, 6.07) is -0.716. The van der Waals surface area contributed by atoms with Crippen molar-refractivity contribution in [3.63, 3.8) is 0 Å². The van der Waals surface area contributed by atoms with Crippen molar-refractivity contribution in [3.05, 3.63) is 0 Å². The Morgan fingerprint density at radius 1 is 1.42 bits per heavy atom. The van der Waals surface area contributed by atoms with Gasteiger partial charge < -0.3 is 20.9 Å².